The van der Waals surface area contributed by atoms with E-state index < -0.39 is 0 Å². The Bertz CT molecular complexity index is 427. The Kier molecular flexibility index (Phi) is 12.0. The van der Waals surface area contributed by atoms with Crippen molar-refractivity contribution in [2.24, 2.45) is 10.7 Å². The molecule has 1 saturated heterocycles. The first kappa shape index (κ1) is 20.9. The molecule has 2 heterocycles. The van der Waals surface area contributed by atoms with E-state index in [0.29, 0.717) is 5.96 Å². The van der Waals surface area contributed by atoms with Crippen LogP contribution in [0.25, 0.3) is 0 Å². The maximum absolute atomic E-state index is 5.86. The molecule has 1 aliphatic heterocycles. The molecule has 0 aliphatic carbocycles. The number of guanidine groups is 1. The molecule has 0 amide bonds. The first-order valence-electron chi connectivity index (χ1n) is 7.71. The Hall–Kier alpha value is -0.100. The molecule has 0 bridgehead atoms. The summed E-state index contributed by atoms with van der Waals surface area (Å²) in [6.07, 6.45) is 3.93. The lowest BCUT2D eigenvalue weighted by Crippen LogP contribution is -2.39. The fraction of sp³-hybridized carbons (Fsp3) is 0.714. The van der Waals surface area contributed by atoms with Gasteiger partial charge in [0.2, 0.25) is 0 Å². The van der Waals surface area contributed by atoms with E-state index in [1.165, 1.54) is 0 Å². The smallest absolute Gasteiger partial charge is 0.188 e. The van der Waals surface area contributed by atoms with Crippen LogP contribution < -0.4 is 11.1 Å². The van der Waals surface area contributed by atoms with Crippen molar-refractivity contribution in [1.29, 1.82) is 0 Å². The summed E-state index contributed by atoms with van der Waals surface area (Å²) in [6, 6.07) is 0. The molecule has 6 nitrogen and oxygen atoms in total. The normalized spacial score (nSPS) is 16.1. The number of nitrogens with one attached hydrogen (secondary N) is 1. The van der Waals surface area contributed by atoms with Gasteiger partial charge in [-0.2, -0.15) is 0 Å². The van der Waals surface area contributed by atoms with E-state index in [-0.39, 0.29) is 24.0 Å². The number of aromatic nitrogens is 1. The van der Waals surface area contributed by atoms with Gasteiger partial charge in [-0.05, 0) is 19.4 Å². The molecule has 1 fully saturated rings. The highest BCUT2D eigenvalue weighted by Gasteiger charge is 2.08. The van der Waals surface area contributed by atoms with Crippen molar-refractivity contribution >= 4 is 53.0 Å². The highest BCUT2D eigenvalue weighted by Crippen LogP contribution is 2.20. The van der Waals surface area contributed by atoms with Gasteiger partial charge in [-0.3, -0.25) is 9.89 Å². The second-order valence-electron chi connectivity index (χ2n) is 5.00. The van der Waals surface area contributed by atoms with Crippen molar-refractivity contribution in [3.8, 4) is 0 Å². The minimum absolute atomic E-state index is 0. The molecule has 0 saturated carbocycles. The monoisotopic (exact) mass is 471 g/mol. The van der Waals surface area contributed by atoms with Crippen molar-refractivity contribution in [2.75, 3.05) is 51.7 Å². The molecule has 0 aromatic carbocycles. The van der Waals surface area contributed by atoms with Crippen molar-refractivity contribution in [2.45, 2.75) is 17.2 Å². The predicted molar refractivity (Wildman–Crippen MR) is 109 cm³/mol. The van der Waals surface area contributed by atoms with Crippen molar-refractivity contribution < 1.29 is 4.74 Å². The van der Waals surface area contributed by atoms with E-state index in [1.54, 1.807) is 23.1 Å². The lowest BCUT2D eigenvalue weighted by Gasteiger charge is -2.26. The highest BCUT2D eigenvalue weighted by atomic mass is 127. The summed E-state index contributed by atoms with van der Waals surface area (Å²) in [5.41, 5.74) is 5.86. The standard InChI is InChI=1S/C14H25N5OS2.HI/c15-13(16-3-1-6-19-7-9-20-10-8-19)17-4-2-11-21-14-18-5-12-22-14;/h5,12H,1-4,6-11H2,(H3,15,16,17);1H. The molecule has 0 radical (unpaired) electrons. The van der Waals surface area contributed by atoms with Crippen LogP contribution in [0.4, 0.5) is 0 Å². The van der Waals surface area contributed by atoms with Crippen LogP contribution in [0.15, 0.2) is 20.9 Å². The Morgan fingerprint density at radius 3 is 3.00 bits per heavy atom. The van der Waals surface area contributed by atoms with Gasteiger partial charge in [0.1, 0.15) is 4.34 Å². The number of nitrogens with two attached hydrogens (primary N) is 1. The molecule has 0 unspecified atom stereocenters. The lowest BCUT2D eigenvalue weighted by molar-refractivity contribution is 0.0376. The largest absolute Gasteiger partial charge is 0.379 e. The third-order valence-corrected chi connectivity index (χ3v) is 5.33. The van der Waals surface area contributed by atoms with Crippen LogP contribution >= 0.6 is 47.1 Å². The topological polar surface area (TPSA) is 75.8 Å². The quantitative estimate of drug-likeness (QED) is 0.188. The number of aliphatic imine (C=N–C) groups is 1. The molecule has 23 heavy (non-hydrogen) atoms. The zero-order chi connectivity index (χ0) is 15.5. The molecule has 0 atom stereocenters. The summed E-state index contributed by atoms with van der Waals surface area (Å²) in [4.78, 5) is 11.0. The van der Waals surface area contributed by atoms with E-state index in [9.17, 15) is 0 Å². The Balaban J connectivity index is 0.00000264. The van der Waals surface area contributed by atoms with E-state index in [1.807, 2.05) is 11.6 Å². The average Bonchev–Trinajstić information content (AvgIpc) is 3.06. The SMILES string of the molecule is I.NC(=NCCCSc1nccs1)NCCCN1CCOCC1. The number of thiazole rings is 1. The van der Waals surface area contributed by atoms with E-state index >= 15 is 0 Å². The van der Waals surface area contributed by atoms with Gasteiger partial charge < -0.3 is 15.8 Å². The summed E-state index contributed by atoms with van der Waals surface area (Å²) in [7, 11) is 0. The average molecular weight is 471 g/mol. The van der Waals surface area contributed by atoms with Crippen LogP contribution in [0.5, 0.6) is 0 Å². The molecule has 132 valence electrons. The van der Waals surface area contributed by atoms with E-state index in [0.717, 1.165) is 68.9 Å². The number of halogens is 1. The molecule has 3 N–H and O–H groups in total. The minimum Gasteiger partial charge on any atom is -0.379 e. The summed E-state index contributed by atoms with van der Waals surface area (Å²) >= 11 is 3.46. The van der Waals surface area contributed by atoms with E-state index in [2.05, 4.69) is 20.2 Å². The summed E-state index contributed by atoms with van der Waals surface area (Å²) in [5, 5.41) is 5.18. The second kappa shape index (κ2) is 13.2. The second-order valence-corrected chi connectivity index (χ2v) is 7.24. The first-order valence-corrected chi connectivity index (χ1v) is 9.57. The van der Waals surface area contributed by atoms with Crippen molar-refractivity contribution in [3.05, 3.63) is 11.6 Å². The maximum atomic E-state index is 5.86. The number of hydrogen-bond acceptors (Lipinski definition) is 6. The van der Waals surface area contributed by atoms with Gasteiger partial charge in [0.05, 0.1) is 13.2 Å². The number of hydrogen-bond donors (Lipinski definition) is 2. The van der Waals surface area contributed by atoms with Gasteiger partial charge in [-0.25, -0.2) is 4.98 Å². The van der Waals surface area contributed by atoms with Crippen LogP contribution in [0.1, 0.15) is 12.8 Å². The summed E-state index contributed by atoms with van der Waals surface area (Å²) in [5.74, 6) is 1.59. The van der Waals surface area contributed by atoms with Gasteiger partial charge in [0, 0.05) is 43.5 Å². The van der Waals surface area contributed by atoms with Gasteiger partial charge in [-0.15, -0.1) is 35.3 Å². The number of thioether (sulfide) groups is 1. The Morgan fingerprint density at radius 1 is 1.43 bits per heavy atom. The zero-order valence-electron chi connectivity index (χ0n) is 13.3. The summed E-state index contributed by atoms with van der Waals surface area (Å²) in [6.45, 7) is 6.53. The van der Waals surface area contributed by atoms with Crippen molar-refractivity contribution in [1.82, 2.24) is 15.2 Å². The molecule has 1 aromatic heterocycles. The van der Waals surface area contributed by atoms with Crippen molar-refractivity contribution in [3.63, 3.8) is 0 Å². The zero-order valence-corrected chi connectivity index (χ0v) is 17.2. The summed E-state index contributed by atoms with van der Waals surface area (Å²) < 4.78 is 6.45. The minimum atomic E-state index is 0. The molecular formula is C14H26IN5OS2. The van der Waals surface area contributed by atoms with Gasteiger partial charge in [0.25, 0.3) is 0 Å². The number of rotatable bonds is 9. The molecular weight excluding hydrogens is 445 g/mol. The molecule has 1 aromatic rings. The van der Waals surface area contributed by atoms with Crippen LogP contribution in [-0.2, 0) is 4.74 Å². The highest BCUT2D eigenvalue weighted by molar-refractivity contribution is 14.0. The third kappa shape index (κ3) is 9.70. The maximum Gasteiger partial charge on any atom is 0.188 e. The van der Waals surface area contributed by atoms with Gasteiger partial charge in [-0.1, -0.05) is 11.8 Å². The van der Waals surface area contributed by atoms with Crippen LogP contribution in [0.2, 0.25) is 0 Å². The Morgan fingerprint density at radius 2 is 2.26 bits per heavy atom. The van der Waals surface area contributed by atoms with Gasteiger partial charge in [0.15, 0.2) is 5.96 Å². The van der Waals surface area contributed by atoms with Gasteiger partial charge >= 0.3 is 0 Å². The first-order chi connectivity index (χ1) is 10.8. The lowest BCUT2D eigenvalue weighted by atomic mass is 10.3. The predicted octanol–water partition coefficient (Wildman–Crippen LogP) is 1.87. The fourth-order valence-corrected chi connectivity index (χ4v) is 3.74. The molecule has 0 spiro atoms. The number of morpholine rings is 1. The van der Waals surface area contributed by atoms with E-state index in [4.69, 9.17) is 10.5 Å². The van der Waals surface area contributed by atoms with Crippen LogP contribution in [0.3, 0.4) is 0 Å². The van der Waals surface area contributed by atoms with Crippen LogP contribution in [0, 0.1) is 0 Å². The molecule has 9 heteroatoms. The fourth-order valence-electron chi connectivity index (χ4n) is 2.10. The third-order valence-electron chi connectivity index (χ3n) is 3.28. The van der Waals surface area contributed by atoms with Crippen LogP contribution in [-0.4, -0.2) is 67.5 Å². The number of nitrogens with zero attached hydrogens (tertiary/aromatic N) is 3. The molecule has 1 aliphatic rings. The molecule has 2 rings (SSSR count). The number of ether oxygens (including phenoxy) is 1. The Labute approximate surface area is 163 Å².